The van der Waals surface area contributed by atoms with Crippen LogP contribution in [0.2, 0.25) is 0 Å². The van der Waals surface area contributed by atoms with Crippen LogP contribution in [0.25, 0.3) is 27.8 Å². The van der Waals surface area contributed by atoms with Gasteiger partial charge in [0.2, 0.25) is 5.95 Å². The van der Waals surface area contributed by atoms with E-state index < -0.39 is 0 Å². The molecule has 8 nitrogen and oxygen atoms in total. The third kappa shape index (κ3) is 4.92. The van der Waals surface area contributed by atoms with Crippen LogP contribution in [0, 0.1) is 0 Å². The lowest BCUT2D eigenvalue weighted by Crippen LogP contribution is -2.55. The number of likely N-dealkylation sites (N-methyl/N-ethyl adjacent to an activating group) is 1. The Labute approximate surface area is 221 Å². The second-order valence-electron chi connectivity index (χ2n) is 10.1. The molecule has 5 rings (SSSR count). The van der Waals surface area contributed by atoms with E-state index in [0.29, 0.717) is 18.7 Å². The molecular weight excluding hydrogens is 518 g/mol. The molecule has 4 aromatic rings. The van der Waals surface area contributed by atoms with Gasteiger partial charge in [-0.25, -0.2) is 0 Å². The van der Waals surface area contributed by atoms with E-state index in [9.17, 15) is 0 Å². The lowest BCUT2D eigenvalue weighted by molar-refractivity contribution is 0.169. The summed E-state index contributed by atoms with van der Waals surface area (Å²) in [6.45, 7) is 8.04. The Morgan fingerprint density at radius 2 is 1.75 bits per heavy atom. The van der Waals surface area contributed by atoms with Gasteiger partial charge in [-0.1, -0.05) is 12.1 Å². The molecule has 0 bridgehead atoms. The highest BCUT2D eigenvalue weighted by Crippen LogP contribution is 2.33. The van der Waals surface area contributed by atoms with E-state index in [1.807, 2.05) is 6.07 Å². The van der Waals surface area contributed by atoms with E-state index >= 15 is 0 Å². The zero-order valence-electron chi connectivity index (χ0n) is 21.6. The number of nitrogens with zero attached hydrogens (tertiary/aromatic N) is 7. The van der Waals surface area contributed by atoms with Crippen molar-refractivity contribution in [2.75, 3.05) is 52.3 Å². The molecule has 0 radical (unpaired) electrons. The van der Waals surface area contributed by atoms with Crippen molar-refractivity contribution in [1.82, 2.24) is 29.4 Å². The topological polar surface area (TPSA) is 62.0 Å². The molecule has 9 heteroatoms. The molecule has 1 fully saturated rings. The van der Waals surface area contributed by atoms with Crippen LogP contribution < -0.4 is 9.64 Å². The Hall–Kier alpha value is -2.75. The van der Waals surface area contributed by atoms with Crippen molar-refractivity contribution in [1.29, 1.82) is 0 Å². The van der Waals surface area contributed by atoms with Crippen molar-refractivity contribution in [3.8, 4) is 16.9 Å². The number of benzene rings is 2. The predicted octanol–water partition coefficient (Wildman–Crippen LogP) is 4.57. The van der Waals surface area contributed by atoms with E-state index in [1.165, 1.54) is 0 Å². The van der Waals surface area contributed by atoms with E-state index in [2.05, 4.69) is 116 Å². The van der Waals surface area contributed by atoms with Gasteiger partial charge in [-0.3, -0.25) is 14.3 Å². The van der Waals surface area contributed by atoms with Crippen molar-refractivity contribution < 1.29 is 4.74 Å². The minimum Gasteiger partial charge on any atom is -0.492 e. The molecule has 3 heterocycles. The van der Waals surface area contributed by atoms with Crippen LogP contribution in [-0.2, 0) is 0 Å². The van der Waals surface area contributed by atoms with Gasteiger partial charge in [-0.15, -0.1) is 10.2 Å². The highest BCUT2D eigenvalue weighted by Gasteiger charge is 2.29. The smallest absolute Gasteiger partial charge is 0.232 e. The summed E-state index contributed by atoms with van der Waals surface area (Å²) in [6.07, 6.45) is 2.79. The monoisotopic (exact) mass is 551 g/mol. The number of hydrogen-bond acceptors (Lipinski definition) is 7. The second kappa shape index (κ2) is 10.3. The van der Waals surface area contributed by atoms with Crippen molar-refractivity contribution in [3.63, 3.8) is 0 Å². The molecule has 0 aliphatic carbocycles. The van der Waals surface area contributed by atoms with E-state index in [-0.39, 0.29) is 0 Å². The first-order valence-electron chi connectivity index (χ1n) is 12.5. The molecule has 1 aliphatic rings. The second-order valence-corrected chi connectivity index (χ2v) is 10.9. The minimum atomic E-state index is 0.436. The Morgan fingerprint density at radius 3 is 2.47 bits per heavy atom. The van der Waals surface area contributed by atoms with E-state index in [1.54, 1.807) is 6.20 Å². The molecule has 0 N–H and O–H groups in total. The first-order chi connectivity index (χ1) is 17.3. The molecule has 36 heavy (non-hydrogen) atoms. The number of hydrogen-bond donors (Lipinski definition) is 0. The Kier molecular flexibility index (Phi) is 7.14. The maximum Gasteiger partial charge on any atom is 0.232 e. The molecule has 1 aliphatic heterocycles. The lowest BCUT2D eigenvalue weighted by Gasteiger charge is -2.42. The van der Waals surface area contributed by atoms with Crippen LogP contribution in [0.4, 0.5) is 5.95 Å². The summed E-state index contributed by atoms with van der Waals surface area (Å²) in [7, 11) is 6.34. The van der Waals surface area contributed by atoms with Gasteiger partial charge in [0.15, 0.2) is 5.65 Å². The van der Waals surface area contributed by atoms with E-state index in [0.717, 1.165) is 70.0 Å². The Balaban J connectivity index is 1.47. The van der Waals surface area contributed by atoms with Crippen LogP contribution in [0.15, 0.2) is 47.1 Å². The molecule has 0 saturated carbocycles. The van der Waals surface area contributed by atoms with E-state index in [4.69, 9.17) is 4.74 Å². The van der Waals surface area contributed by atoms with Gasteiger partial charge in [-0.2, -0.15) is 0 Å². The maximum atomic E-state index is 5.99. The minimum absolute atomic E-state index is 0.436. The first kappa shape index (κ1) is 24.9. The highest BCUT2D eigenvalue weighted by atomic mass is 79.9. The van der Waals surface area contributed by atoms with Gasteiger partial charge in [0.25, 0.3) is 0 Å². The van der Waals surface area contributed by atoms with Crippen LogP contribution in [0.1, 0.15) is 20.3 Å². The van der Waals surface area contributed by atoms with Crippen molar-refractivity contribution in [2.45, 2.75) is 32.4 Å². The molecule has 190 valence electrons. The Morgan fingerprint density at radius 1 is 1.03 bits per heavy atom. The summed E-state index contributed by atoms with van der Waals surface area (Å²) < 4.78 is 9.09. The largest absolute Gasteiger partial charge is 0.492 e. The van der Waals surface area contributed by atoms with Crippen molar-refractivity contribution in [3.05, 3.63) is 47.1 Å². The van der Waals surface area contributed by atoms with Crippen LogP contribution >= 0.6 is 15.9 Å². The number of aromatic nitrogens is 4. The fraction of sp³-hybridized carbons (Fsp3) is 0.444. The zero-order chi connectivity index (χ0) is 25.4. The Bertz CT molecular complexity index is 1360. The van der Waals surface area contributed by atoms with Gasteiger partial charge in [0.1, 0.15) is 5.75 Å². The average Bonchev–Trinajstić information content (AvgIpc) is 3.30. The number of halogens is 1. The fourth-order valence-electron chi connectivity index (χ4n) is 4.85. The summed E-state index contributed by atoms with van der Waals surface area (Å²) in [5, 5.41) is 9.05. The third-order valence-corrected chi connectivity index (χ3v) is 7.74. The molecule has 0 unspecified atom stereocenters. The van der Waals surface area contributed by atoms with Crippen molar-refractivity contribution in [2.24, 2.45) is 0 Å². The molecule has 0 spiro atoms. The number of rotatable bonds is 7. The van der Waals surface area contributed by atoms with Gasteiger partial charge in [0.05, 0.1) is 28.3 Å². The molecule has 2 aromatic heterocycles. The molecule has 2 atom stereocenters. The van der Waals surface area contributed by atoms with Gasteiger partial charge < -0.3 is 14.5 Å². The van der Waals surface area contributed by atoms with Gasteiger partial charge in [-0.05, 0) is 92.7 Å². The van der Waals surface area contributed by atoms with Gasteiger partial charge in [0, 0.05) is 31.7 Å². The van der Waals surface area contributed by atoms with Gasteiger partial charge >= 0.3 is 0 Å². The molecule has 0 amide bonds. The molecule has 1 saturated heterocycles. The summed E-state index contributed by atoms with van der Waals surface area (Å²) >= 11 is 3.70. The average molecular weight is 553 g/mol. The standard InChI is InChI=1S/C27H34BrN7O/c1-18-16-34(17-19(2)33(18)5)27-31-30-26-15-29-23-9-7-21(14-24(23)35(26)27)20-8-10-25(22(28)13-20)36-12-6-11-32(3)4/h7-10,13-15,18-19H,6,11-12,16-17H2,1-5H3/t18-,19+. The number of fused-ring (bicyclic) bond motifs is 3. The summed E-state index contributed by atoms with van der Waals surface area (Å²) in [5.74, 6) is 1.74. The third-order valence-electron chi connectivity index (χ3n) is 7.12. The number of anilines is 1. The predicted molar refractivity (Wildman–Crippen MR) is 149 cm³/mol. The SMILES string of the molecule is C[C@@H]1CN(c2nnc3cnc4ccc(-c5ccc(OCCCN(C)C)c(Br)c5)cc4n23)C[C@H](C)N1C. The summed E-state index contributed by atoms with van der Waals surface area (Å²) in [6, 6.07) is 13.5. The summed E-state index contributed by atoms with van der Waals surface area (Å²) in [4.78, 5) is 11.6. The number of piperazine rings is 1. The van der Waals surface area contributed by atoms with Crippen LogP contribution in [0.5, 0.6) is 5.75 Å². The highest BCUT2D eigenvalue weighted by molar-refractivity contribution is 9.10. The fourth-order valence-corrected chi connectivity index (χ4v) is 5.35. The quantitative estimate of drug-likeness (QED) is 0.312. The molecule has 2 aromatic carbocycles. The van der Waals surface area contributed by atoms with Crippen LogP contribution in [-0.4, -0.2) is 88.8 Å². The zero-order valence-corrected chi connectivity index (χ0v) is 23.2. The first-order valence-corrected chi connectivity index (χ1v) is 13.3. The summed E-state index contributed by atoms with van der Waals surface area (Å²) in [5.41, 5.74) is 4.90. The lowest BCUT2D eigenvalue weighted by atomic mass is 10.0. The number of ether oxygens (including phenoxy) is 1. The van der Waals surface area contributed by atoms with Crippen molar-refractivity contribution >= 4 is 38.6 Å². The maximum absolute atomic E-state index is 5.99. The van der Waals surface area contributed by atoms with Crippen LogP contribution in [0.3, 0.4) is 0 Å². The normalized spacial score (nSPS) is 19.0. The molecular formula is C27H34BrN7O.